The van der Waals surface area contributed by atoms with Crippen molar-refractivity contribution in [3.63, 3.8) is 0 Å². The third kappa shape index (κ3) is 1.29. The van der Waals surface area contributed by atoms with E-state index in [1.807, 2.05) is 0 Å². The Morgan fingerprint density at radius 3 is 2.86 bits per heavy atom. The molecule has 72 valence electrons. The molecule has 0 spiro atoms. The van der Waals surface area contributed by atoms with Crippen molar-refractivity contribution in [2.45, 2.75) is 0 Å². The van der Waals surface area contributed by atoms with Gasteiger partial charge in [-0.1, -0.05) is 17.7 Å². The van der Waals surface area contributed by atoms with E-state index in [0.717, 1.165) is 0 Å². The molecular formula is C8H4BrClN2O2. The smallest absolute Gasteiger partial charge is 0.357 e. The van der Waals surface area contributed by atoms with Crippen molar-refractivity contribution in [2.24, 2.45) is 0 Å². The van der Waals surface area contributed by atoms with Crippen LogP contribution in [0.2, 0.25) is 5.15 Å². The third-order valence-electron chi connectivity index (χ3n) is 1.74. The average molecular weight is 275 g/mol. The summed E-state index contributed by atoms with van der Waals surface area (Å²) in [5, 5.41) is 9.22. The number of carboxylic acid groups (broad SMARTS) is 1. The van der Waals surface area contributed by atoms with E-state index in [-0.39, 0.29) is 5.69 Å². The molecular weight excluding hydrogens is 271 g/mol. The van der Waals surface area contributed by atoms with Crippen LogP contribution in [-0.2, 0) is 0 Å². The molecule has 0 aliphatic rings. The Balaban J connectivity index is 2.87. The lowest BCUT2D eigenvalue weighted by Gasteiger charge is -1.96. The van der Waals surface area contributed by atoms with E-state index in [1.165, 1.54) is 4.40 Å². The van der Waals surface area contributed by atoms with Crippen LogP contribution in [0.5, 0.6) is 0 Å². The van der Waals surface area contributed by atoms with Crippen LogP contribution in [0.3, 0.4) is 0 Å². The summed E-state index contributed by atoms with van der Waals surface area (Å²) in [6.07, 6.45) is 0. The summed E-state index contributed by atoms with van der Waals surface area (Å²) in [6, 6.07) is 5.05. The van der Waals surface area contributed by atoms with Crippen molar-refractivity contribution in [1.82, 2.24) is 9.38 Å². The molecule has 6 heteroatoms. The fourth-order valence-corrected chi connectivity index (χ4v) is 2.13. The second-order valence-corrected chi connectivity index (χ2v) is 3.74. The number of carboxylic acids is 1. The number of fused-ring (bicyclic) bond motifs is 1. The molecule has 1 N–H and O–H groups in total. The summed E-state index contributed by atoms with van der Waals surface area (Å²) >= 11 is 9.02. The molecule has 0 aliphatic carbocycles. The van der Waals surface area contributed by atoms with Gasteiger partial charge in [-0.3, -0.25) is 4.40 Å². The molecule has 0 aliphatic heterocycles. The van der Waals surface area contributed by atoms with Crippen LogP contribution in [-0.4, -0.2) is 20.5 Å². The normalized spacial score (nSPS) is 10.7. The molecule has 0 saturated heterocycles. The molecule has 4 nitrogen and oxygen atoms in total. The topological polar surface area (TPSA) is 54.6 Å². The van der Waals surface area contributed by atoms with Gasteiger partial charge in [0, 0.05) is 0 Å². The van der Waals surface area contributed by atoms with E-state index in [4.69, 9.17) is 16.7 Å². The molecule has 14 heavy (non-hydrogen) atoms. The molecule has 2 rings (SSSR count). The summed E-state index contributed by atoms with van der Waals surface area (Å²) < 4.78 is 1.87. The van der Waals surface area contributed by atoms with E-state index in [9.17, 15) is 4.79 Å². The largest absolute Gasteiger partial charge is 0.476 e. The highest BCUT2D eigenvalue weighted by Crippen LogP contribution is 2.23. The van der Waals surface area contributed by atoms with Crippen molar-refractivity contribution in [2.75, 3.05) is 0 Å². The Kier molecular flexibility index (Phi) is 2.20. The van der Waals surface area contributed by atoms with Crippen molar-refractivity contribution in [1.29, 1.82) is 0 Å². The van der Waals surface area contributed by atoms with Gasteiger partial charge in [-0.25, -0.2) is 9.78 Å². The predicted octanol–water partition coefficient (Wildman–Crippen LogP) is 2.45. The summed E-state index contributed by atoms with van der Waals surface area (Å²) in [7, 11) is 0. The highest BCUT2D eigenvalue weighted by molar-refractivity contribution is 9.10. The molecule has 0 amide bonds. The van der Waals surface area contributed by atoms with Crippen LogP contribution in [0.15, 0.2) is 22.8 Å². The van der Waals surface area contributed by atoms with Crippen LogP contribution < -0.4 is 0 Å². The van der Waals surface area contributed by atoms with Crippen LogP contribution >= 0.6 is 27.5 Å². The number of hydrogen-bond donors (Lipinski definition) is 1. The molecule has 0 fully saturated rings. The molecule has 2 aromatic rings. The van der Waals surface area contributed by atoms with Gasteiger partial charge in [-0.05, 0) is 28.1 Å². The molecule has 2 heterocycles. The standard InChI is InChI=1S/C8H4BrClN2O2/c9-7-6(8(13)14)11-5-3-1-2-4(10)12(5)7/h1-3H,(H,13,14). The monoisotopic (exact) mass is 274 g/mol. The first kappa shape index (κ1) is 9.48. The van der Waals surface area contributed by atoms with Crippen molar-refractivity contribution >= 4 is 39.1 Å². The van der Waals surface area contributed by atoms with Crippen LogP contribution in [0, 0.1) is 0 Å². The predicted molar refractivity (Wildman–Crippen MR) is 54.9 cm³/mol. The van der Waals surface area contributed by atoms with Gasteiger partial charge in [-0.15, -0.1) is 0 Å². The summed E-state index contributed by atoms with van der Waals surface area (Å²) in [6.45, 7) is 0. The number of carbonyl (C=O) groups is 1. The Hall–Kier alpha value is -1.07. The van der Waals surface area contributed by atoms with Crippen molar-refractivity contribution in [3.05, 3.63) is 33.6 Å². The maximum atomic E-state index is 10.8. The lowest BCUT2D eigenvalue weighted by Crippen LogP contribution is -1.97. The number of hydrogen-bond acceptors (Lipinski definition) is 2. The van der Waals surface area contributed by atoms with E-state index in [1.54, 1.807) is 18.2 Å². The molecule has 0 bridgehead atoms. The number of imidazole rings is 1. The second-order valence-electron chi connectivity index (χ2n) is 2.60. The fraction of sp³-hybridized carbons (Fsp3) is 0. The van der Waals surface area contributed by atoms with Gasteiger partial charge in [0.1, 0.15) is 15.4 Å². The van der Waals surface area contributed by atoms with E-state index in [0.29, 0.717) is 15.4 Å². The van der Waals surface area contributed by atoms with Crippen LogP contribution in [0.1, 0.15) is 10.5 Å². The SMILES string of the molecule is O=C(O)c1nc2cccc(Cl)n2c1Br. The minimum atomic E-state index is -1.09. The fourth-order valence-electron chi connectivity index (χ4n) is 1.16. The van der Waals surface area contributed by atoms with Gasteiger partial charge < -0.3 is 5.11 Å². The number of aromatic nitrogens is 2. The van der Waals surface area contributed by atoms with E-state index in [2.05, 4.69) is 20.9 Å². The zero-order valence-corrected chi connectivity index (χ0v) is 9.08. The number of rotatable bonds is 1. The molecule has 0 radical (unpaired) electrons. The summed E-state index contributed by atoms with van der Waals surface area (Å²) in [5.74, 6) is -1.09. The number of nitrogens with zero attached hydrogens (tertiary/aromatic N) is 2. The molecule has 0 aromatic carbocycles. The number of pyridine rings is 1. The summed E-state index contributed by atoms with van der Waals surface area (Å²) in [4.78, 5) is 14.7. The van der Waals surface area contributed by atoms with Gasteiger partial charge in [0.15, 0.2) is 5.69 Å². The lowest BCUT2D eigenvalue weighted by atomic mass is 10.5. The Morgan fingerprint density at radius 1 is 1.57 bits per heavy atom. The van der Waals surface area contributed by atoms with E-state index < -0.39 is 5.97 Å². The molecule has 2 aromatic heterocycles. The first-order chi connectivity index (χ1) is 6.61. The maximum Gasteiger partial charge on any atom is 0.357 e. The third-order valence-corrected chi connectivity index (χ3v) is 2.77. The van der Waals surface area contributed by atoms with Crippen molar-refractivity contribution in [3.8, 4) is 0 Å². The Labute approximate surface area is 92.3 Å². The van der Waals surface area contributed by atoms with Crippen LogP contribution in [0.25, 0.3) is 5.65 Å². The van der Waals surface area contributed by atoms with Gasteiger partial charge in [0.2, 0.25) is 0 Å². The van der Waals surface area contributed by atoms with Crippen molar-refractivity contribution < 1.29 is 9.90 Å². The number of halogens is 2. The number of aromatic carboxylic acids is 1. The first-order valence-corrected chi connectivity index (χ1v) is 4.84. The quantitative estimate of drug-likeness (QED) is 0.813. The van der Waals surface area contributed by atoms with Gasteiger partial charge in [-0.2, -0.15) is 0 Å². The molecule has 0 saturated carbocycles. The zero-order valence-electron chi connectivity index (χ0n) is 6.74. The molecule has 0 atom stereocenters. The minimum Gasteiger partial charge on any atom is -0.476 e. The van der Waals surface area contributed by atoms with E-state index >= 15 is 0 Å². The van der Waals surface area contributed by atoms with Gasteiger partial charge in [0.05, 0.1) is 0 Å². The minimum absolute atomic E-state index is 0.0434. The second kappa shape index (κ2) is 3.25. The lowest BCUT2D eigenvalue weighted by molar-refractivity contribution is 0.0690. The van der Waals surface area contributed by atoms with Crippen LogP contribution in [0.4, 0.5) is 0 Å². The highest BCUT2D eigenvalue weighted by Gasteiger charge is 2.16. The zero-order chi connectivity index (χ0) is 10.3. The Bertz CT molecular complexity index is 523. The first-order valence-electron chi connectivity index (χ1n) is 3.67. The van der Waals surface area contributed by atoms with Gasteiger partial charge in [0.25, 0.3) is 0 Å². The highest BCUT2D eigenvalue weighted by atomic mass is 79.9. The molecule has 0 unspecified atom stereocenters. The summed E-state index contributed by atoms with van der Waals surface area (Å²) in [5.41, 5.74) is 0.458. The average Bonchev–Trinajstić information content (AvgIpc) is 2.45. The van der Waals surface area contributed by atoms with Gasteiger partial charge >= 0.3 is 5.97 Å². The Morgan fingerprint density at radius 2 is 2.29 bits per heavy atom. The maximum absolute atomic E-state index is 10.8.